The molecule has 21 heavy (non-hydrogen) atoms. The third-order valence-corrected chi connectivity index (χ3v) is 3.41. The second kappa shape index (κ2) is 6.45. The molecule has 114 valence electrons. The number of nitrogens with zero attached hydrogens (tertiary/aromatic N) is 2. The highest BCUT2D eigenvalue weighted by Gasteiger charge is 2.21. The predicted octanol–water partition coefficient (Wildman–Crippen LogP) is -0.398. The van der Waals surface area contributed by atoms with E-state index in [-0.39, 0.29) is 35.4 Å². The van der Waals surface area contributed by atoms with Crippen LogP contribution >= 0.6 is 0 Å². The fourth-order valence-electron chi connectivity index (χ4n) is 2.17. The van der Waals surface area contributed by atoms with E-state index in [4.69, 9.17) is 0 Å². The number of likely N-dealkylation sites (N-methyl/N-ethyl adjacent to an activating group) is 1. The third-order valence-electron chi connectivity index (χ3n) is 3.41. The minimum atomic E-state index is -0.381. The maximum atomic E-state index is 12.2. The first kappa shape index (κ1) is 15.1. The van der Waals surface area contributed by atoms with E-state index < -0.39 is 0 Å². The topological polar surface area (TPSA) is 93.1 Å². The summed E-state index contributed by atoms with van der Waals surface area (Å²) in [4.78, 5) is 27.3. The average molecular weight is 293 g/mol. The molecule has 0 saturated carbocycles. The molecule has 1 aliphatic heterocycles. The zero-order valence-corrected chi connectivity index (χ0v) is 11.9. The van der Waals surface area contributed by atoms with Crippen LogP contribution in [0.1, 0.15) is 10.4 Å². The van der Waals surface area contributed by atoms with Crippen molar-refractivity contribution in [2.24, 2.45) is 0 Å². The molecule has 0 bridgehead atoms. The van der Waals surface area contributed by atoms with Crippen LogP contribution in [0.25, 0.3) is 0 Å². The van der Waals surface area contributed by atoms with Crippen molar-refractivity contribution in [2.75, 3.05) is 39.8 Å². The van der Waals surface area contributed by atoms with Gasteiger partial charge in [0.2, 0.25) is 5.91 Å². The van der Waals surface area contributed by atoms with E-state index in [2.05, 4.69) is 5.32 Å². The number of rotatable bonds is 3. The van der Waals surface area contributed by atoms with Gasteiger partial charge in [-0.3, -0.25) is 9.59 Å². The molecule has 3 N–H and O–H groups in total. The van der Waals surface area contributed by atoms with Crippen molar-refractivity contribution >= 4 is 11.8 Å². The molecule has 1 aromatic rings. The van der Waals surface area contributed by atoms with Crippen LogP contribution in [0.4, 0.5) is 0 Å². The lowest BCUT2D eigenvalue weighted by atomic mass is 10.2. The molecule has 0 aromatic heterocycles. The standard InChI is InChI=1S/C14H19N3O4/c1-16(9-13(20)17-6-4-15-5-7-17)14(21)10-2-3-11(18)12(19)8-10/h2-3,8,15,18-19H,4-7,9H2,1H3. The molecule has 0 aliphatic carbocycles. The number of aromatic hydroxyl groups is 2. The van der Waals surface area contributed by atoms with Gasteiger partial charge in [0, 0.05) is 38.8 Å². The summed E-state index contributed by atoms with van der Waals surface area (Å²) in [6.07, 6.45) is 0. The molecule has 1 fully saturated rings. The van der Waals surface area contributed by atoms with E-state index in [1.165, 1.54) is 30.1 Å². The molecule has 1 aromatic carbocycles. The first-order chi connectivity index (χ1) is 9.99. The Hall–Kier alpha value is -2.28. The van der Waals surface area contributed by atoms with Gasteiger partial charge in [0.25, 0.3) is 5.91 Å². The van der Waals surface area contributed by atoms with Crippen molar-refractivity contribution in [3.8, 4) is 11.5 Å². The fraction of sp³-hybridized carbons (Fsp3) is 0.429. The highest BCUT2D eigenvalue weighted by molar-refractivity contribution is 5.96. The van der Waals surface area contributed by atoms with Gasteiger partial charge < -0.3 is 25.3 Å². The molecule has 0 atom stereocenters. The van der Waals surface area contributed by atoms with Gasteiger partial charge in [-0.25, -0.2) is 0 Å². The number of carbonyl (C=O) groups is 2. The largest absolute Gasteiger partial charge is 0.504 e. The van der Waals surface area contributed by atoms with Crippen LogP contribution in [0.15, 0.2) is 18.2 Å². The summed E-state index contributed by atoms with van der Waals surface area (Å²) >= 11 is 0. The van der Waals surface area contributed by atoms with Gasteiger partial charge in [0.15, 0.2) is 11.5 Å². The van der Waals surface area contributed by atoms with Crippen LogP contribution in [0.3, 0.4) is 0 Å². The lowest BCUT2D eigenvalue weighted by Crippen LogP contribution is -2.49. The summed E-state index contributed by atoms with van der Waals surface area (Å²) in [7, 11) is 1.53. The van der Waals surface area contributed by atoms with Crippen LogP contribution < -0.4 is 5.32 Å². The molecular weight excluding hydrogens is 274 g/mol. The predicted molar refractivity (Wildman–Crippen MR) is 76.2 cm³/mol. The Balaban J connectivity index is 1.98. The zero-order chi connectivity index (χ0) is 15.4. The molecule has 7 nitrogen and oxygen atoms in total. The Morgan fingerprint density at radius 1 is 1.24 bits per heavy atom. The van der Waals surface area contributed by atoms with E-state index in [1.807, 2.05) is 0 Å². The number of benzene rings is 1. The summed E-state index contributed by atoms with van der Waals surface area (Å²) in [5.41, 5.74) is 0.223. The van der Waals surface area contributed by atoms with Crippen LogP contribution in [0.5, 0.6) is 11.5 Å². The van der Waals surface area contributed by atoms with Crippen molar-refractivity contribution < 1.29 is 19.8 Å². The molecule has 1 saturated heterocycles. The highest BCUT2D eigenvalue weighted by atomic mass is 16.3. The second-order valence-corrected chi connectivity index (χ2v) is 5.00. The van der Waals surface area contributed by atoms with E-state index in [9.17, 15) is 19.8 Å². The van der Waals surface area contributed by atoms with Crippen molar-refractivity contribution in [2.45, 2.75) is 0 Å². The zero-order valence-electron chi connectivity index (χ0n) is 11.9. The summed E-state index contributed by atoms with van der Waals surface area (Å²) in [5.74, 6) is -1.13. The number of hydrogen-bond acceptors (Lipinski definition) is 5. The van der Waals surface area contributed by atoms with E-state index in [0.717, 1.165) is 13.1 Å². The molecule has 0 radical (unpaired) electrons. The van der Waals surface area contributed by atoms with Gasteiger partial charge in [-0.1, -0.05) is 0 Å². The first-order valence-corrected chi connectivity index (χ1v) is 6.75. The molecule has 7 heteroatoms. The molecule has 1 heterocycles. The maximum Gasteiger partial charge on any atom is 0.254 e. The Morgan fingerprint density at radius 2 is 1.90 bits per heavy atom. The van der Waals surface area contributed by atoms with E-state index in [0.29, 0.717) is 13.1 Å². The van der Waals surface area contributed by atoms with Crippen LogP contribution in [0.2, 0.25) is 0 Å². The van der Waals surface area contributed by atoms with E-state index >= 15 is 0 Å². The summed E-state index contributed by atoms with van der Waals surface area (Å²) in [5, 5.41) is 21.8. The number of phenolic OH excluding ortho intramolecular Hbond substituents is 2. The normalized spacial score (nSPS) is 14.8. The maximum absolute atomic E-state index is 12.2. The van der Waals surface area contributed by atoms with Crippen molar-refractivity contribution in [3.63, 3.8) is 0 Å². The van der Waals surface area contributed by atoms with Crippen LogP contribution in [0, 0.1) is 0 Å². The van der Waals surface area contributed by atoms with Crippen LogP contribution in [-0.4, -0.2) is 71.6 Å². The lowest BCUT2D eigenvalue weighted by molar-refractivity contribution is -0.132. The van der Waals surface area contributed by atoms with Crippen molar-refractivity contribution in [3.05, 3.63) is 23.8 Å². The Morgan fingerprint density at radius 3 is 2.52 bits per heavy atom. The Labute approximate surface area is 122 Å². The molecule has 0 spiro atoms. The summed E-state index contributed by atoms with van der Waals surface area (Å²) in [6.45, 7) is 2.78. The fourth-order valence-corrected chi connectivity index (χ4v) is 2.17. The number of nitrogens with one attached hydrogen (secondary N) is 1. The second-order valence-electron chi connectivity index (χ2n) is 5.00. The average Bonchev–Trinajstić information content (AvgIpc) is 2.50. The third kappa shape index (κ3) is 3.63. The quantitative estimate of drug-likeness (QED) is 0.660. The van der Waals surface area contributed by atoms with Gasteiger partial charge in [0.1, 0.15) is 0 Å². The molecule has 2 rings (SSSR count). The SMILES string of the molecule is CN(CC(=O)N1CCNCC1)C(=O)c1ccc(O)c(O)c1. The minimum Gasteiger partial charge on any atom is -0.504 e. The first-order valence-electron chi connectivity index (χ1n) is 6.75. The van der Waals surface area contributed by atoms with Crippen molar-refractivity contribution in [1.29, 1.82) is 0 Å². The van der Waals surface area contributed by atoms with Gasteiger partial charge in [-0.2, -0.15) is 0 Å². The number of phenols is 2. The Kier molecular flexibility index (Phi) is 4.64. The highest BCUT2D eigenvalue weighted by Crippen LogP contribution is 2.25. The smallest absolute Gasteiger partial charge is 0.254 e. The van der Waals surface area contributed by atoms with Gasteiger partial charge >= 0.3 is 0 Å². The minimum absolute atomic E-state index is 0.0134. The summed E-state index contributed by atoms with van der Waals surface area (Å²) < 4.78 is 0. The molecule has 0 unspecified atom stereocenters. The van der Waals surface area contributed by atoms with Gasteiger partial charge in [0.05, 0.1) is 6.54 Å². The van der Waals surface area contributed by atoms with E-state index in [1.54, 1.807) is 4.90 Å². The number of amides is 2. The Bertz CT molecular complexity index is 541. The lowest BCUT2D eigenvalue weighted by Gasteiger charge is -2.29. The monoisotopic (exact) mass is 293 g/mol. The van der Waals surface area contributed by atoms with Crippen molar-refractivity contribution in [1.82, 2.24) is 15.1 Å². The molecular formula is C14H19N3O4. The number of piperazine rings is 1. The van der Waals surface area contributed by atoms with Crippen LogP contribution in [-0.2, 0) is 4.79 Å². The summed E-state index contributed by atoms with van der Waals surface area (Å²) in [6, 6.07) is 3.83. The van der Waals surface area contributed by atoms with Gasteiger partial charge in [-0.15, -0.1) is 0 Å². The molecule has 2 amide bonds. The number of hydrogen-bond donors (Lipinski definition) is 3. The van der Waals surface area contributed by atoms with Gasteiger partial charge in [-0.05, 0) is 18.2 Å². The number of carbonyl (C=O) groups excluding carboxylic acids is 2. The molecule has 1 aliphatic rings.